The predicted octanol–water partition coefficient (Wildman–Crippen LogP) is 3.02. The van der Waals surface area contributed by atoms with Crippen molar-refractivity contribution in [3.8, 4) is 0 Å². The van der Waals surface area contributed by atoms with Crippen LogP contribution in [-0.2, 0) is 4.79 Å². The highest BCUT2D eigenvalue weighted by Gasteiger charge is 2.33. The minimum Gasteiger partial charge on any atom is -0.370 e. The van der Waals surface area contributed by atoms with Crippen LogP contribution in [0.1, 0.15) is 36.8 Å². The molecule has 1 amide bonds. The summed E-state index contributed by atoms with van der Waals surface area (Å²) < 4.78 is 1.88. The molecule has 2 unspecified atom stereocenters. The molecule has 7 nitrogen and oxygen atoms in total. The Kier molecular flexibility index (Phi) is 5.19. The van der Waals surface area contributed by atoms with Crippen LogP contribution in [0.15, 0.2) is 41.9 Å². The molecule has 1 saturated heterocycles. The van der Waals surface area contributed by atoms with Crippen LogP contribution < -0.4 is 5.32 Å². The molecule has 162 valence electrons. The third kappa shape index (κ3) is 3.70. The van der Waals surface area contributed by atoms with Crippen molar-refractivity contribution in [2.75, 3.05) is 20.1 Å². The van der Waals surface area contributed by atoms with Gasteiger partial charge in [0.1, 0.15) is 0 Å². The standard InChI is InChI=1S/C23H29N6OP/c1-14-9-18(27-7-5-17(24-4)6-8-27)13-28-22(30)11-21(31-23(14)28)19-10-20-16(3)25-15(2)12-29(20)26-19/h9-13,17,23-24,31H,5-8H2,1-4H3. The van der Waals surface area contributed by atoms with Gasteiger partial charge in [-0.05, 0) is 58.4 Å². The Morgan fingerprint density at radius 2 is 1.94 bits per heavy atom. The molecular weight excluding hydrogens is 407 g/mol. The zero-order chi connectivity index (χ0) is 21.7. The highest BCUT2D eigenvalue weighted by Crippen LogP contribution is 2.47. The molecule has 0 bridgehead atoms. The molecular formula is C23H29N6OP. The summed E-state index contributed by atoms with van der Waals surface area (Å²) in [6.45, 7) is 8.15. The lowest BCUT2D eigenvalue weighted by Crippen LogP contribution is -2.43. The number of hydrogen-bond acceptors (Lipinski definition) is 5. The topological polar surface area (TPSA) is 65.8 Å². The van der Waals surface area contributed by atoms with Crippen molar-refractivity contribution in [3.63, 3.8) is 0 Å². The van der Waals surface area contributed by atoms with Gasteiger partial charge in [-0.2, -0.15) is 5.10 Å². The molecule has 2 atom stereocenters. The summed E-state index contributed by atoms with van der Waals surface area (Å²) in [7, 11) is 2.50. The van der Waals surface area contributed by atoms with Crippen molar-refractivity contribution >= 4 is 25.3 Å². The number of rotatable bonds is 3. The Labute approximate surface area is 184 Å². The van der Waals surface area contributed by atoms with Crippen molar-refractivity contribution in [2.45, 2.75) is 45.4 Å². The number of nitrogens with zero attached hydrogens (tertiary/aromatic N) is 5. The van der Waals surface area contributed by atoms with Gasteiger partial charge in [0.2, 0.25) is 0 Å². The second-order valence-corrected chi connectivity index (χ2v) is 10.0. The zero-order valence-electron chi connectivity index (χ0n) is 18.5. The van der Waals surface area contributed by atoms with E-state index in [0.29, 0.717) is 14.6 Å². The second-order valence-electron chi connectivity index (χ2n) is 8.67. The number of nitrogens with one attached hydrogen (secondary N) is 1. The van der Waals surface area contributed by atoms with Crippen molar-refractivity contribution in [2.24, 2.45) is 0 Å². The van der Waals surface area contributed by atoms with Crippen LogP contribution in [0.3, 0.4) is 0 Å². The Balaban J connectivity index is 1.42. The number of amides is 1. The van der Waals surface area contributed by atoms with Gasteiger partial charge < -0.3 is 15.1 Å². The molecule has 0 saturated carbocycles. The summed E-state index contributed by atoms with van der Waals surface area (Å²) in [5, 5.41) is 9.15. The smallest absolute Gasteiger partial charge is 0.252 e. The molecule has 2 aromatic rings. The first-order valence-corrected chi connectivity index (χ1v) is 12.0. The highest BCUT2D eigenvalue weighted by molar-refractivity contribution is 7.51. The molecule has 0 aromatic carbocycles. The normalized spacial score (nSPS) is 23.2. The maximum Gasteiger partial charge on any atom is 0.252 e. The molecule has 8 heteroatoms. The Hall–Kier alpha value is -2.50. The first kappa shape index (κ1) is 20.4. The summed E-state index contributed by atoms with van der Waals surface area (Å²) in [5.41, 5.74) is 6.15. The Morgan fingerprint density at radius 3 is 2.68 bits per heavy atom. The van der Waals surface area contributed by atoms with E-state index in [-0.39, 0.29) is 11.7 Å². The number of carbonyl (C=O) groups excluding carboxylic acids is 1. The van der Waals surface area contributed by atoms with Crippen LogP contribution in [0.25, 0.3) is 10.8 Å². The fourth-order valence-corrected chi connectivity index (χ4v) is 6.14. The number of piperidine rings is 1. The maximum atomic E-state index is 13.1. The van der Waals surface area contributed by atoms with Gasteiger partial charge in [0.25, 0.3) is 5.91 Å². The van der Waals surface area contributed by atoms with Gasteiger partial charge in [0.05, 0.1) is 40.3 Å². The maximum absolute atomic E-state index is 13.1. The molecule has 3 aliphatic heterocycles. The zero-order valence-corrected chi connectivity index (χ0v) is 19.5. The third-order valence-corrected chi connectivity index (χ3v) is 8.19. The summed E-state index contributed by atoms with van der Waals surface area (Å²) in [5.74, 6) is 0.119. The van der Waals surface area contributed by atoms with Crippen LogP contribution in [0.2, 0.25) is 0 Å². The quantitative estimate of drug-likeness (QED) is 0.750. The minimum absolute atomic E-state index is 0.0388. The van der Waals surface area contributed by atoms with E-state index >= 15 is 0 Å². The Bertz CT molecular complexity index is 1140. The predicted molar refractivity (Wildman–Crippen MR) is 125 cm³/mol. The number of allylic oxidation sites excluding steroid dienone is 1. The summed E-state index contributed by atoms with van der Waals surface area (Å²) in [6.07, 6.45) is 10.3. The average Bonchev–Trinajstić information content (AvgIpc) is 3.18. The van der Waals surface area contributed by atoms with E-state index in [1.54, 1.807) is 6.08 Å². The van der Waals surface area contributed by atoms with Crippen molar-refractivity contribution in [1.29, 1.82) is 0 Å². The number of aryl methyl sites for hydroxylation is 2. The molecule has 0 aliphatic carbocycles. The number of likely N-dealkylation sites (tertiary alicyclic amines) is 1. The van der Waals surface area contributed by atoms with E-state index in [9.17, 15) is 4.79 Å². The van der Waals surface area contributed by atoms with E-state index in [2.05, 4.69) is 40.5 Å². The van der Waals surface area contributed by atoms with Crippen LogP contribution in [-0.4, -0.2) is 62.3 Å². The summed E-state index contributed by atoms with van der Waals surface area (Å²) in [4.78, 5) is 22.0. The lowest BCUT2D eigenvalue weighted by molar-refractivity contribution is -0.124. The molecule has 0 radical (unpaired) electrons. The van der Waals surface area contributed by atoms with E-state index in [4.69, 9.17) is 5.10 Å². The van der Waals surface area contributed by atoms with E-state index in [0.717, 1.165) is 59.5 Å². The molecule has 3 aliphatic rings. The monoisotopic (exact) mass is 436 g/mol. The fourth-order valence-electron chi connectivity index (χ4n) is 4.72. The highest BCUT2D eigenvalue weighted by atomic mass is 31.1. The number of hydrogen-bond donors (Lipinski definition) is 1. The van der Waals surface area contributed by atoms with E-state index < -0.39 is 0 Å². The van der Waals surface area contributed by atoms with Gasteiger partial charge >= 0.3 is 0 Å². The Morgan fingerprint density at radius 1 is 1.16 bits per heavy atom. The van der Waals surface area contributed by atoms with Crippen LogP contribution in [0, 0.1) is 13.8 Å². The molecule has 31 heavy (non-hydrogen) atoms. The lowest BCUT2D eigenvalue weighted by Gasteiger charge is -2.40. The van der Waals surface area contributed by atoms with Crippen molar-refractivity contribution in [3.05, 3.63) is 59.0 Å². The molecule has 2 aromatic heterocycles. The van der Waals surface area contributed by atoms with Gasteiger partial charge in [-0.25, -0.2) is 4.52 Å². The lowest BCUT2D eigenvalue weighted by atomic mass is 10.0. The molecule has 0 spiro atoms. The number of aromatic nitrogens is 3. The molecule has 1 N–H and O–H groups in total. The van der Waals surface area contributed by atoms with E-state index in [1.807, 2.05) is 36.5 Å². The second kappa shape index (κ2) is 7.88. The first-order chi connectivity index (χ1) is 14.9. The van der Waals surface area contributed by atoms with Gasteiger partial charge in [-0.3, -0.25) is 9.78 Å². The third-order valence-electron chi connectivity index (χ3n) is 6.47. The fraction of sp³-hybridized carbons (Fsp3) is 0.435. The van der Waals surface area contributed by atoms with Crippen LogP contribution in [0.4, 0.5) is 0 Å². The van der Waals surface area contributed by atoms with Gasteiger partial charge in [-0.15, -0.1) is 0 Å². The number of fused-ring (bicyclic) bond motifs is 2. The first-order valence-electron chi connectivity index (χ1n) is 10.9. The van der Waals surface area contributed by atoms with Gasteiger partial charge in [-0.1, -0.05) is 8.58 Å². The van der Waals surface area contributed by atoms with Crippen molar-refractivity contribution < 1.29 is 4.79 Å². The summed E-state index contributed by atoms with van der Waals surface area (Å²) >= 11 is 0. The molecule has 5 heterocycles. The van der Waals surface area contributed by atoms with Gasteiger partial charge in [0.15, 0.2) is 0 Å². The minimum atomic E-state index is 0.0388. The largest absolute Gasteiger partial charge is 0.370 e. The molecule has 1 fully saturated rings. The van der Waals surface area contributed by atoms with Gasteiger partial charge in [0, 0.05) is 36.7 Å². The average molecular weight is 437 g/mol. The van der Waals surface area contributed by atoms with Crippen LogP contribution in [0.5, 0.6) is 0 Å². The van der Waals surface area contributed by atoms with E-state index in [1.165, 1.54) is 5.57 Å². The van der Waals surface area contributed by atoms with Crippen LogP contribution >= 0.6 is 8.58 Å². The summed E-state index contributed by atoms with van der Waals surface area (Å²) in [6, 6.07) is 2.65. The number of carbonyl (C=O) groups is 1. The molecule has 5 rings (SSSR count). The van der Waals surface area contributed by atoms with Crippen molar-refractivity contribution in [1.82, 2.24) is 29.7 Å². The SMILES string of the molecule is CNC1CCN(C2=CN3C(=O)C=C(c4cc5c(C)nc(C)cn5n4)PC3C(C)=C2)CC1.